The summed E-state index contributed by atoms with van der Waals surface area (Å²) in [6, 6.07) is 26.1. The van der Waals surface area contributed by atoms with Gasteiger partial charge in [-0.3, -0.25) is 0 Å². The van der Waals surface area contributed by atoms with Gasteiger partial charge in [0.1, 0.15) is 0 Å². The molecule has 3 aromatic carbocycles. The molecule has 0 spiro atoms. The predicted molar refractivity (Wildman–Crippen MR) is 161 cm³/mol. The van der Waals surface area contributed by atoms with Crippen molar-refractivity contribution in [3.05, 3.63) is 89.5 Å². The lowest BCUT2D eigenvalue weighted by molar-refractivity contribution is 0.506. The van der Waals surface area contributed by atoms with Crippen molar-refractivity contribution in [3.8, 4) is 34.2 Å². The van der Waals surface area contributed by atoms with Crippen LogP contribution in [-0.2, 0) is 10.8 Å². The van der Waals surface area contributed by atoms with Crippen LogP contribution in [-0.4, -0.2) is 15.0 Å². The standard InChI is InChI=1S/C35H43N3/c1-9-24(4)25-12-14-26(15-13-25)31-36-32(27-16-20-29(21-17-27)34(5,6)10-2)38-33(37-31)28-18-22-30(23-19-28)35(7,8)11-3/h12-24H,9-11H2,1-8H3. The monoisotopic (exact) mass is 505 g/mol. The van der Waals surface area contributed by atoms with Gasteiger partial charge in [0.25, 0.3) is 0 Å². The molecular weight excluding hydrogens is 462 g/mol. The fourth-order valence-electron chi connectivity index (χ4n) is 4.51. The first-order valence-corrected chi connectivity index (χ1v) is 14.2. The average molecular weight is 506 g/mol. The second-order valence-corrected chi connectivity index (χ2v) is 11.9. The van der Waals surface area contributed by atoms with E-state index in [1.807, 2.05) is 0 Å². The normalized spacial score (nSPS) is 12.9. The molecule has 1 heterocycles. The van der Waals surface area contributed by atoms with Crippen molar-refractivity contribution in [3.63, 3.8) is 0 Å². The molecule has 1 aromatic heterocycles. The van der Waals surface area contributed by atoms with Crippen LogP contribution in [0.2, 0.25) is 0 Å². The fraction of sp³-hybridized carbons (Fsp3) is 0.400. The van der Waals surface area contributed by atoms with Gasteiger partial charge in [0.2, 0.25) is 0 Å². The molecule has 0 bridgehead atoms. The van der Waals surface area contributed by atoms with E-state index in [2.05, 4.69) is 128 Å². The van der Waals surface area contributed by atoms with Crippen molar-refractivity contribution in [2.75, 3.05) is 0 Å². The third-order valence-electron chi connectivity index (χ3n) is 8.60. The van der Waals surface area contributed by atoms with E-state index in [0.717, 1.165) is 36.0 Å². The molecule has 0 fully saturated rings. The minimum absolute atomic E-state index is 0.138. The smallest absolute Gasteiger partial charge is 0.164 e. The van der Waals surface area contributed by atoms with Gasteiger partial charge in [-0.25, -0.2) is 15.0 Å². The topological polar surface area (TPSA) is 38.7 Å². The van der Waals surface area contributed by atoms with Crippen molar-refractivity contribution in [1.82, 2.24) is 15.0 Å². The quantitative estimate of drug-likeness (QED) is 0.227. The SMILES string of the molecule is CCC(C)c1ccc(-c2nc(-c3ccc(C(C)(C)CC)cc3)nc(-c3ccc(C(C)(C)CC)cc3)n2)cc1. The summed E-state index contributed by atoms with van der Waals surface area (Å²) in [7, 11) is 0. The maximum absolute atomic E-state index is 4.96. The molecule has 198 valence electrons. The molecule has 1 unspecified atom stereocenters. The average Bonchev–Trinajstić information content (AvgIpc) is 2.96. The van der Waals surface area contributed by atoms with Crippen molar-refractivity contribution < 1.29 is 0 Å². The molecule has 38 heavy (non-hydrogen) atoms. The van der Waals surface area contributed by atoms with E-state index < -0.39 is 0 Å². The predicted octanol–water partition coefficient (Wildman–Crippen LogP) is 9.76. The van der Waals surface area contributed by atoms with Gasteiger partial charge < -0.3 is 0 Å². The zero-order chi connectivity index (χ0) is 27.5. The summed E-state index contributed by atoms with van der Waals surface area (Å²) >= 11 is 0. The summed E-state index contributed by atoms with van der Waals surface area (Å²) in [6.07, 6.45) is 3.29. The second-order valence-electron chi connectivity index (χ2n) is 11.9. The lowest BCUT2D eigenvalue weighted by atomic mass is 9.82. The Hall–Kier alpha value is -3.33. The van der Waals surface area contributed by atoms with Gasteiger partial charge in [-0.1, -0.05) is 128 Å². The minimum atomic E-state index is 0.138. The van der Waals surface area contributed by atoms with E-state index in [1.54, 1.807) is 0 Å². The van der Waals surface area contributed by atoms with E-state index in [4.69, 9.17) is 15.0 Å². The molecule has 0 aliphatic rings. The van der Waals surface area contributed by atoms with Crippen LogP contribution in [0.4, 0.5) is 0 Å². The van der Waals surface area contributed by atoms with Crippen LogP contribution < -0.4 is 0 Å². The molecule has 0 amide bonds. The summed E-state index contributed by atoms with van der Waals surface area (Å²) < 4.78 is 0. The number of aromatic nitrogens is 3. The van der Waals surface area contributed by atoms with Gasteiger partial charge in [-0.15, -0.1) is 0 Å². The number of benzene rings is 3. The summed E-state index contributed by atoms with van der Waals surface area (Å²) in [6.45, 7) is 18.1. The highest BCUT2D eigenvalue weighted by Crippen LogP contribution is 2.32. The van der Waals surface area contributed by atoms with Crippen molar-refractivity contribution >= 4 is 0 Å². The highest BCUT2D eigenvalue weighted by molar-refractivity contribution is 5.67. The molecule has 0 saturated heterocycles. The van der Waals surface area contributed by atoms with Gasteiger partial charge in [0.05, 0.1) is 0 Å². The van der Waals surface area contributed by atoms with Crippen LogP contribution in [0.1, 0.15) is 97.3 Å². The van der Waals surface area contributed by atoms with Crippen molar-refractivity contribution in [2.24, 2.45) is 0 Å². The fourth-order valence-corrected chi connectivity index (χ4v) is 4.51. The van der Waals surface area contributed by atoms with Crippen LogP contribution in [0.25, 0.3) is 34.2 Å². The molecule has 0 radical (unpaired) electrons. The first-order chi connectivity index (χ1) is 18.1. The number of hydrogen-bond acceptors (Lipinski definition) is 3. The Labute approximate surface area is 229 Å². The second kappa shape index (κ2) is 11.2. The Balaban J connectivity index is 1.80. The Morgan fingerprint density at radius 1 is 0.526 bits per heavy atom. The Bertz CT molecular complexity index is 1270. The summed E-state index contributed by atoms with van der Waals surface area (Å²) in [4.78, 5) is 14.9. The van der Waals surface area contributed by atoms with Gasteiger partial charge >= 0.3 is 0 Å². The van der Waals surface area contributed by atoms with Crippen LogP contribution in [0.5, 0.6) is 0 Å². The maximum Gasteiger partial charge on any atom is 0.164 e. The number of rotatable bonds is 9. The zero-order valence-electron chi connectivity index (χ0n) is 24.5. The van der Waals surface area contributed by atoms with Crippen molar-refractivity contribution in [1.29, 1.82) is 0 Å². The van der Waals surface area contributed by atoms with Crippen LogP contribution in [0.3, 0.4) is 0 Å². The van der Waals surface area contributed by atoms with Crippen LogP contribution in [0, 0.1) is 0 Å². The molecule has 4 aromatic rings. The molecule has 0 saturated carbocycles. The molecular formula is C35H43N3. The van der Waals surface area contributed by atoms with E-state index in [1.165, 1.54) is 16.7 Å². The summed E-state index contributed by atoms with van der Waals surface area (Å²) in [5, 5.41) is 0. The van der Waals surface area contributed by atoms with Gasteiger partial charge in [-0.2, -0.15) is 0 Å². The van der Waals surface area contributed by atoms with E-state index in [9.17, 15) is 0 Å². The summed E-state index contributed by atoms with van der Waals surface area (Å²) in [5.41, 5.74) is 7.29. The van der Waals surface area contributed by atoms with E-state index in [-0.39, 0.29) is 10.8 Å². The molecule has 0 aliphatic heterocycles. The van der Waals surface area contributed by atoms with Gasteiger partial charge in [-0.05, 0) is 52.7 Å². The summed E-state index contributed by atoms with van der Waals surface area (Å²) in [5.74, 6) is 2.64. The van der Waals surface area contributed by atoms with Gasteiger partial charge in [0.15, 0.2) is 17.5 Å². The Morgan fingerprint density at radius 2 is 0.842 bits per heavy atom. The van der Waals surface area contributed by atoms with E-state index >= 15 is 0 Å². The molecule has 3 heteroatoms. The van der Waals surface area contributed by atoms with Crippen LogP contribution >= 0.6 is 0 Å². The van der Waals surface area contributed by atoms with Crippen LogP contribution in [0.15, 0.2) is 72.8 Å². The third kappa shape index (κ3) is 5.88. The molecule has 1 atom stereocenters. The minimum Gasteiger partial charge on any atom is -0.208 e. The third-order valence-corrected chi connectivity index (χ3v) is 8.60. The first kappa shape index (κ1) is 27.7. The first-order valence-electron chi connectivity index (χ1n) is 14.2. The molecule has 3 nitrogen and oxygen atoms in total. The highest BCUT2D eigenvalue weighted by atomic mass is 15.0. The number of hydrogen-bond donors (Lipinski definition) is 0. The molecule has 4 rings (SSSR count). The largest absolute Gasteiger partial charge is 0.208 e. The van der Waals surface area contributed by atoms with E-state index in [0.29, 0.717) is 23.4 Å². The lowest BCUT2D eigenvalue weighted by Crippen LogP contribution is -2.15. The molecule has 0 N–H and O–H groups in total. The number of nitrogens with zero attached hydrogens (tertiary/aromatic N) is 3. The van der Waals surface area contributed by atoms with Gasteiger partial charge in [0, 0.05) is 16.7 Å². The van der Waals surface area contributed by atoms with Crippen molar-refractivity contribution in [2.45, 2.75) is 91.4 Å². The Kier molecular flexibility index (Phi) is 8.16. The maximum atomic E-state index is 4.96. The zero-order valence-corrected chi connectivity index (χ0v) is 24.5. The molecule has 0 aliphatic carbocycles. The lowest BCUT2D eigenvalue weighted by Gasteiger charge is -2.23. The Morgan fingerprint density at radius 3 is 1.13 bits per heavy atom. The highest BCUT2D eigenvalue weighted by Gasteiger charge is 2.20.